The average Bonchev–Trinajstić information content (AvgIpc) is 2.89. The zero-order valence-corrected chi connectivity index (χ0v) is 11.2. The highest BCUT2D eigenvalue weighted by Gasteiger charge is 2.19. The van der Waals surface area contributed by atoms with Crippen LogP contribution >= 0.6 is 0 Å². The molecule has 0 atom stereocenters. The van der Waals surface area contributed by atoms with Crippen molar-refractivity contribution in [1.82, 2.24) is 10.2 Å². The van der Waals surface area contributed by atoms with E-state index in [0.717, 1.165) is 6.07 Å². The number of rotatable bonds is 5. The summed E-state index contributed by atoms with van der Waals surface area (Å²) in [6.07, 6.45) is 0. The van der Waals surface area contributed by atoms with Crippen LogP contribution in [0, 0.1) is 17.0 Å². The average molecular weight is 293 g/mol. The van der Waals surface area contributed by atoms with Gasteiger partial charge in [0.15, 0.2) is 12.4 Å². The number of methoxy groups -OCH3 is 1. The summed E-state index contributed by atoms with van der Waals surface area (Å²) in [7, 11) is 1.30. The molecule has 0 unspecified atom stereocenters. The van der Waals surface area contributed by atoms with Gasteiger partial charge in [-0.15, -0.1) is 10.2 Å². The van der Waals surface area contributed by atoms with Crippen molar-refractivity contribution >= 4 is 11.7 Å². The molecule has 1 aromatic heterocycles. The molecule has 0 radical (unpaired) electrons. The van der Waals surface area contributed by atoms with E-state index >= 15 is 0 Å². The number of benzene rings is 1. The van der Waals surface area contributed by atoms with E-state index in [0.29, 0.717) is 5.89 Å². The van der Waals surface area contributed by atoms with Crippen LogP contribution in [-0.2, 0) is 11.3 Å². The van der Waals surface area contributed by atoms with Crippen LogP contribution in [0.25, 0.3) is 0 Å². The first-order valence-corrected chi connectivity index (χ1v) is 5.80. The summed E-state index contributed by atoms with van der Waals surface area (Å²) >= 11 is 0. The number of ether oxygens (including phenoxy) is 2. The highest BCUT2D eigenvalue weighted by Crippen LogP contribution is 2.27. The number of esters is 1. The molecule has 0 saturated carbocycles. The standard InChI is InChI=1S/C12H11N3O6/c1-7-13-14-11(21-7)6-20-12(16)8-3-4-10(19-2)9(5-8)15(17)18/h3-5H,6H2,1-2H3. The van der Waals surface area contributed by atoms with Gasteiger partial charge < -0.3 is 13.9 Å². The van der Waals surface area contributed by atoms with Crippen LogP contribution in [-0.4, -0.2) is 28.2 Å². The van der Waals surface area contributed by atoms with Gasteiger partial charge >= 0.3 is 11.7 Å². The first kappa shape index (κ1) is 14.4. The number of nitrogens with zero attached hydrogens (tertiary/aromatic N) is 3. The van der Waals surface area contributed by atoms with Gasteiger partial charge in [0.05, 0.1) is 17.6 Å². The molecule has 0 spiro atoms. The van der Waals surface area contributed by atoms with E-state index in [9.17, 15) is 14.9 Å². The molecule has 1 heterocycles. The third-order valence-electron chi connectivity index (χ3n) is 2.51. The van der Waals surface area contributed by atoms with Crippen LogP contribution in [0.2, 0.25) is 0 Å². The Morgan fingerprint density at radius 1 is 1.43 bits per heavy atom. The summed E-state index contributed by atoms with van der Waals surface area (Å²) in [5, 5.41) is 18.1. The molecule has 0 saturated heterocycles. The summed E-state index contributed by atoms with van der Waals surface area (Å²) in [5.41, 5.74) is -0.292. The second-order valence-electron chi connectivity index (χ2n) is 3.93. The molecule has 0 aliphatic carbocycles. The number of aryl methyl sites for hydroxylation is 1. The number of nitro benzene ring substituents is 1. The van der Waals surface area contributed by atoms with Crippen LogP contribution in [0.15, 0.2) is 22.6 Å². The molecule has 2 aromatic rings. The topological polar surface area (TPSA) is 118 Å². The number of aromatic nitrogens is 2. The minimum Gasteiger partial charge on any atom is -0.490 e. The number of nitro groups is 1. The SMILES string of the molecule is COc1ccc(C(=O)OCc2nnc(C)o2)cc1[N+](=O)[O-]. The fourth-order valence-corrected chi connectivity index (χ4v) is 1.57. The van der Waals surface area contributed by atoms with Crippen molar-refractivity contribution in [3.05, 3.63) is 45.7 Å². The lowest BCUT2D eigenvalue weighted by Crippen LogP contribution is -2.06. The molecular weight excluding hydrogens is 282 g/mol. The van der Waals surface area contributed by atoms with Crippen molar-refractivity contribution in [2.45, 2.75) is 13.5 Å². The van der Waals surface area contributed by atoms with Gasteiger partial charge in [0, 0.05) is 13.0 Å². The van der Waals surface area contributed by atoms with Crippen molar-refractivity contribution in [3.8, 4) is 5.75 Å². The zero-order valence-electron chi connectivity index (χ0n) is 11.2. The van der Waals surface area contributed by atoms with Gasteiger partial charge in [0.25, 0.3) is 5.89 Å². The summed E-state index contributed by atoms with van der Waals surface area (Å²) in [6, 6.07) is 3.78. The second kappa shape index (κ2) is 5.99. The first-order chi connectivity index (χ1) is 10.0. The molecular formula is C12H11N3O6. The lowest BCUT2D eigenvalue weighted by Gasteiger charge is -2.04. The van der Waals surface area contributed by atoms with E-state index < -0.39 is 10.9 Å². The maximum atomic E-state index is 11.8. The van der Waals surface area contributed by atoms with Crippen LogP contribution in [0.4, 0.5) is 5.69 Å². The van der Waals surface area contributed by atoms with Crippen molar-refractivity contribution in [2.24, 2.45) is 0 Å². The highest BCUT2D eigenvalue weighted by molar-refractivity contribution is 5.90. The van der Waals surface area contributed by atoms with E-state index in [1.165, 1.54) is 19.2 Å². The number of carbonyl (C=O) groups is 1. The van der Waals surface area contributed by atoms with Crippen molar-refractivity contribution in [2.75, 3.05) is 7.11 Å². The third-order valence-corrected chi connectivity index (χ3v) is 2.51. The van der Waals surface area contributed by atoms with Crippen LogP contribution in [0.1, 0.15) is 22.1 Å². The van der Waals surface area contributed by atoms with Gasteiger partial charge in [-0.1, -0.05) is 0 Å². The normalized spacial score (nSPS) is 10.2. The molecule has 0 bridgehead atoms. The maximum Gasteiger partial charge on any atom is 0.338 e. The summed E-state index contributed by atoms with van der Waals surface area (Å²) in [5.74, 6) is -0.189. The van der Waals surface area contributed by atoms with Crippen LogP contribution < -0.4 is 4.74 Å². The van der Waals surface area contributed by atoms with Gasteiger partial charge in [-0.25, -0.2) is 4.79 Å². The van der Waals surface area contributed by atoms with Gasteiger partial charge in [0.2, 0.25) is 5.89 Å². The molecule has 0 aliphatic heterocycles. The lowest BCUT2D eigenvalue weighted by atomic mass is 10.2. The fourth-order valence-electron chi connectivity index (χ4n) is 1.57. The molecule has 0 amide bonds. The smallest absolute Gasteiger partial charge is 0.338 e. The van der Waals surface area contributed by atoms with E-state index in [-0.39, 0.29) is 29.5 Å². The quantitative estimate of drug-likeness (QED) is 0.464. The molecule has 110 valence electrons. The third kappa shape index (κ3) is 3.32. The first-order valence-electron chi connectivity index (χ1n) is 5.80. The molecule has 9 nitrogen and oxygen atoms in total. The maximum absolute atomic E-state index is 11.8. The highest BCUT2D eigenvalue weighted by atomic mass is 16.6. The van der Waals surface area contributed by atoms with E-state index in [1.807, 2.05) is 0 Å². The largest absolute Gasteiger partial charge is 0.490 e. The predicted octanol–water partition coefficient (Wildman–Crippen LogP) is 1.65. The van der Waals surface area contributed by atoms with Gasteiger partial charge in [-0.2, -0.15) is 0 Å². The number of hydrogen-bond donors (Lipinski definition) is 0. The van der Waals surface area contributed by atoms with Crippen molar-refractivity contribution in [1.29, 1.82) is 0 Å². The van der Waals surface area contributed by atoms with E-state index in [2.05, 4.69) is 10.2 Å². The Labute approximate surface area is 118 Å². The second-order valence-corrected chi connectivity index (χ2v) is 3.93. The molecule has 21 heavy (non-hydrogen) atoms. The molecule has 1 aromatic carbocycles. The lowest BCUT2D eigenvalue weighted by molar-refractivity contribution is -0.385. The summed E-state index contributed by atoms with van der Waals surface area (Å²) in [4.78, 5) is 22.1. The number of hydrogen-bond acceptors (Lipinski definition) is 8. The molecule has 0 fully saturated rings. The number of carbonyl (C=O) groups excluding carboxylic acids is 1. The van der Waals surface area contributed by atoms with Gasteiger partial charge in [0.1, 0.15) is 0 Å². The Morgan fingerprint density at radius 3 is 2.76 bits per heavy atom. The molecule has 2 rings (SSSR count). The van der Waals surface area contributed by atoms with Crippen LogP contribution in [0.3, 0.4) is 0 Å². The Hall–Kier alpha value is -2.97. The summed E-state index contributed by atoms with van der Waals surface area (Å²) in [6.45, 7) is 1.39. The Kier molecular flexibility index (Phi) is 4.12. The van der Waals surface area contributed by atoms with E-state index in [4.69, 9.17) is 13.9 Å². The monoisotopic (exact) mass is 293 g/mol. The fraction of sp³-hybridized carbons (Fsp3) is 0.250. The minimum atomic E-state index is -0.739. The molecule has 9 heteroatoms. The predicted molar refractivity (Wildman–Crippen MR) is 67.8 cm³/mol. The summed E-state index contributed by atoms with van der Waals surface area (Å²) < 4.78 is 14.8. The molecule has 0 aliphatic rings. The Morgan fingerprint density at radius 2 is 2.19 bits per heavy atom. The van der Waals surface area contributed by atoms with Gasteiger partial charge in [-0.3, -0.25) is 10.1 Å². The minimum absolute atomic E-state index is 0.0266. The van der Waals surface area contributed by atoms with E-state index in [1.54, 1.807) is 6.92 Å². The van der Waals surface area contributed by atoms with Crippen LogP contribution in [0.5, 0.6) is 5.75 Å². The zero-order chi connectivity index (χ0) is 15.4. The van der Waals surface area contributed by atoms with Crippen molar-refractivity contribution in [3.63, 3.8) is 0 Å². The molecule has 0 N–H and O–H groups in total. The Bertz CT molecular complexity index is 681. The van der Waals surface area contributed by atoms with Crippen molar-refractivity contribution < 1.29 is 23.6 Å². The Balaban J connectivity index is 2.12. The van der Waals surface area contributed by atoms with Gasteiger partial charge in [-0.05, 0) is 12.1 Å².